The largest absolute Gasteiger partial charge is 0.454 e. The first-order chi connectivity index (χ1) is 10.5. The predicted octanol–water partition coefficient (Wildman–Crippen LogP) is 1.34. The highest BCUT2D eigenvalue weighted by atomic mass is 16.7. The predicted molar refractivity (Wildman–Crippen MR) is 74.9 cm³/mol. The molecule has 7 heteroatoms. The van der Waals surface area contributed by atoms with Gasteiger partial charge in [0.05, 0.1) is 12.0 Å². The Labute approximate surface area is 127 Å². The van der Waals surface area contributed by atoms with Gasteiger partial charge in [0, 0.05) is 6.54 Å². The van der Waals surface area contributed by atoms with E-state index in [9.17, 15) is 9.59 Å². The molecule has 114 valence electrons. The van der Waals surface area contributed by atoms with E-state index in [1.807, 2.05) is 6.07 Å². The van der Waals surface area contributed by atoms with Crippen LogP contribution in [0.4, 0.5) is 4.79 Å². The van der Waals surface area contributed by atoms with Gasteiger partial charge in [-0.15, -0.1) is 0 Å². The number of nitriles is 1. The molecule has 2 aliphatic heterocycles. The summed E-state index contributed by atoms with van der Waals surface area (Å²) in [7, 11) is 0. The molecule has 2 heterocycles. The summed E-state index contributed by atoms with van der Waals surface area (Å²) < 4.78 is 10.6. The van der Waals surface area contributed by atoms with Gasteiger partial charge in [-0.3, -0.25) is 9.69 Å². The van der Waals surface area contributed by atoms with Gasteiger partial charge in [0.25, 0.3) is 5.91 Å². The number of carbonyl (C=O) groups excluding carboxylic acids is 2. The zero-order valence-electron chi connectivity index (χ0n) is 12.3. The van der Waals surface area contributed by atoms with E-state index in [1.54, 1.807) is 32.0 Å². The van der Waals surface area contributed by atoms with Gasteiger partial charge >= 0.3 is 6.03 Å². The molecule has 1 aromatic carbocycles. The van der Waals surface area contributed by atoms with Crippen LogP contribution in [0.2, 0.25) is 0 Å². The molecular formula is C15H15N3O4. The Balaban J connectivity index is 1.92. The first kappa shape index (κ1) is 14.2. The first-order valence-corrected chi connectivity index (χ1v) is 6.89. The molecule has 22 heavy (non-hydrogen) atoms. The van der Waals surface area contributed by atoms with Crippen molar-refractivity contribution in [3.63, 3.8) is 0 Å². The third kappa shape index (κ3) is 2.04. The van der Waals surface area contributed by atoms with Crippen molar-refractivity contribution in [2.75, 3.05) is 13.3 Å². The van der Waals surface area contributed by atoms with Gasteiger partial charge in [-0.2, -0.15) is 5.26 Å². The molecule has 3 amide bonds. The second kappa shape index (κ2) is 4.91. The number of fused-ring (bicyclic) bond motifs is 1. The summed E-state index contributed by atoms with van der Waals surface area (Å²) in [6.45, 7) is 3.52. The maximum atomic E-state index is 12.7. The molecule has 0 aliphatic carbocycles. The Bertz CT molecular complexity index is 697. The van der Waals surface area contributed by atoms with E-state index in [0.717, 1.165) is 4.90 Å². The summed E-state index contributed by atoms with van der Waals surface area (Å²) in [5.74, 6) is 0.357. The molecule has 1 fully saturated rings. The monoisotopic (exact) mass is 301 g/mol. The van der Waals surface area contributed by atoms with Crippen molar-refractivity contribution < 1.29 is 19.1 Å². The fourth-order valence-electron chi connectivity index (χ4n) is 2.58. The fraction of sp³-hybridized carbons (Fsp3) is 0.400. The van der Waals surface area contributed by atoms with Crippen LogP contribution in [0.3, 0.4) is 0 Å². The van der Waals surface area contributed by atoms with Crippen molar-refractivity contribution >= 4 is 11.9 Å². The van der Waals surface area contributed by atoms with Gasteiger partial charge in [0.1, 0.15) is 5.54 Å². The molecule has 0 spiro atoms. The van der Waals surface area contributed by atoms with E-state index >= 15 is 0 Å². The summed E-state index contributed by atoms with van der Waals surface area (Å²) in [6, 6.07) is 6.66. The molecule has 0 bridgehead atoms. The van der Waals surface area contributed by atoms with E-state index in [0.29, 0.717) is 17.1 Å². The molecule has 0 unspecified atom stereocenters. The van der Waals surface area contributed by atoms with Gasteiger partial charge in [-0.25, -0.2) is 4.79 Å². The van der Waals surface area contributed by atoms with Crippen molar-refractivity contribution in [3.05, 3.63) is 23.8 Å². The molecule has 2 aliphatic rings. The van der Waals surface area contributed by atoms with Gasteiger partial charge in [-0.1, -0.05) is 6.07 Å². The normalized spacial score (nSPS) is 24.1. The molecule has 1 aromatic rings. The Kier molecular flexibility index (Phi) is 3.17. The Morgan fingerprint density at radius 2 is 2.14 bits per heavy atom. The lowest BCUT2D eigenvalue weighted by molar-refractivity contribution is -0.131. The molecule has 7 nitrogen and oxygen atoms in total. The van der Waals surface area contributed by atoms with Gasteiger partial charge < -0.3 is 14.8 Å². The lowest BCUT2D eigenvalue weighted by atomic mass is 9.91. The Morgan fingerprint density at radius 1 is 1.41 bits per heavy atom. The standard InChI is InChI=1S/C15H15N3O4/c1-9(6-16)7-18-13(19)15(2,17-14(18)20)10-3-4-11-12(5-10)22-8-21-11/h3-5,9H,7-8H2,1-2H3,(H,17,20)/t9-,15+/m1/s1. The van der Waals surface area contributed by atoms with Gasteiger partial charge in [0.2, 0.25) is 6.79 Å². The van der Waals surface area contributed by atoms with Crippen LogP contribution in [-0.2, 0) is 10.3 Å². The SMILES string of the molecule is C[C@H](C#N)CN1C(=O)N[C@@](C)(c2ccc3c(c2)OCO3)C1=O. The number of benzene rings is 1. The van der Waals surface area contributed by atoms with Gasteiger partial charge in [-0.05, 0) is 31.5 Å². The number of rotatable bonds is 3. The van der Waals surface area contributed by atoms with Crippen LogP contribution in [0.5, 0.6) is 11.5 Å². The number of urea groups is 1. The van der Waals surface area contributed by atoms with Crippen LogP contribution in [-0.4, -0.2) is 30.2 Å². The second-order valence-electron chi connectivity index (χ2n) is 5.57. The number of carbonyl (C=O) groups is 2. The van der Waals surface area contributed by atoms with Crippen molar-refractivity contribution in [1.29, 1.82) is 5.26 Å². The Hall–Kier alpha value is -2.75. The zero-order chi connectivity index (χ0) is 15.9. The minimum Gasteiger partial charge on any atom is -0.454 e. The van der Waals surface area contributed by atoms with Crippen molar-refractivity contribution in [2.24, 2.45) is 5.92 Å². The van der Waals surface area contributed by atoms with Crippen molar-refractivity contribution in [3.8, 4) is 17.6 Å². The average molecular weight is 301 g/mol. The van der Waals surface area contributed by atoms with Crippen molar-refractivity contribution in [2.45, 2.75) is 19.4 Å². The first-order valence-electron chi connectivity index (χ1n) is 6.89. The van der Waals surface area contributed by atoms with E-state index in [2.05, 4.69) is 5.32 Å². The molecule has 1 saturated heterocycles. The lowest BCUT2D eigenvalue weighted by Gasteiger charge is -2.22. The summed E-state index contributed by atoms with van der Waals surface area (Å²) >= 11 is 0. The van der Waals surface area contributed by atoms with Crippen LogP contribution >= 0.6 is 0 Å². The minimum atomic E-state index is -1.17. The van der Waals surface area contributed by atoms with E-state index < -0.39 is 17.5 Å². The third-order valence-corrected chi connectivity index (χ3v) is 3.90. The second-order valence-corrected chi connectivity index (χ2v) is 5.57. The average Bonchev–Trinajstić information content (AvgIpc) is 3.05. The third-order valence-electron chi connectivity index (χ3n) is 3.90. The fourth-order valence-corrected chi connectivity index (χ4v) is 2.58. The number of nitrogens with one attached hydrogen (secondary N) is 1. The minimum absolute atomic E-state index is 0.0707. The highest BCUT2D eigenvalue weighted by molar-refractivity contribution is 6.07. The summed E-state index contributed by atoms with van der Waals surface area (Å²) in [5, 5.41) is 11.6. The van der Waals surface area contributed by atoms with Crippen LogP contribution < -0.4 is 14.8 Å². The molecule has 0 aromatic heterocycles. The smallest absolute Gasteiger partial charge is 0.325 e. The van der Waals surface area contributed by atoms with Gasteiger partial charge in [0.15, 0.2) is 11.5 Å². The maximum Gasteiger partial charge on any atom is 0.325 e. The molecular weight excluding hydrogens is 286 g/mol. The van der Waals surface area contributed by atoms with Crippen LogP contribution in [0.15, 0.2) is 18.2 Å². The maximum absolute atomic E-state index is 12.7. The molecule has 1 N–H and O–H groups in total. The van der Waals surface area contributed by atoms with Crippen LogP contribution in [0.1, 0.15) is 19.4 Å². The lowest BCUT2D eigenvalue weighted by Crippen LogP contribution is -2.41. The number of ether oxygens (including phenoxy) is 2. The van der Waals surface area contributed by atoms with Crippen LogP contribution in [0.25, 0.3) is 0 Å². The topological polar surface area (TPSA) is 91.7 Å². The number of amides is 3. The highest BCUT2D eigenvalue weighted by Crippen LogP contribution is 2.37. The highest BCUT2D eigenvalue weighted by Gasteiger charge is 2.49. The van der Waals surface area contributed by atoms with E-state index in [4.69, 9.17) is 14.7 Å². The van der Waals surface area contributed by atoms with Crippen molar-refractivity contribution in [1.82, 2.24) is 10.2 Å². The van der Waals surface area contributed by atoms with E-state index in [-0.39, 0.29) is 19.2 Å². The summed E-state index contributed by atoms with van der Waals surface area (Å²) in [5.41, 5.74) is -0.560. The quantitative estimate of drug-likeness (QED) is 0.851. The van der Waals surface area contributed by atoms with E-state index in [1.165, 1.54) is 0 Å². The number of hydrogen-bond acceptors (Lipinski definition) is 5. The van der Waals surface area contributed by atoms with Crippen LogP contribution in [0, 0.1) is 17.2 Å². The molecule has 3 rings (SSSR count). The summed E-state index contributed by atoms with van der Waals surface area (Å²) in [4.78, 5) is 25.8. The molecule has 0 radical (unpaired) electrons. The number of imide groups is 1. The number of hydrogen-bond donors (Lipinski definition) is 1. The number of nitrogens with zero attached hydrogens (tertiary/aromatic N) is 2. The molecule has 2 atom stereocenters. The Morgan fingerprint density at radius 3 is 2.86 bits per heavy atom. The zero-order valence-corrected chi connectivity index (χ0v) is 12.3. The molecule has 0 saturated carbocycles. The summed E-state index contributed by atoms with van der Waals surface area (Å²) in [6.07, 6.45) is 0.